The van der Waals surface area contributed by atoms with Gasteiger partial charge in [0.2, 0.25) is 5.91 Å². The van der Waals surface area contributed by atoms with Crippen LogP contribution >= 0.6 is 0 Å². The highest BCUT2D eigenvalue weighted by Gasteiger charge is 2.48. The first-order valence-corrected chi connectivity index (χ1v) is 11.8. The van der Waals surface area contributed by atoms with E-state index in [1.54, 1.807) is 23.2 Å². The molecule has 0 unspecified atom stereocenters. The minimum absolute atomic E-state index is 0.00175. The summed E-state index contributed by atoms with van der Waals surface area (Å²) >= 11 is 0. The van der Waals surface area contributed by atoms with Crippen molar-refractivity contribution in [3.8, 4) is 0 Å². The Morgan fingerprint density at radius 3 is 2.38 bits per heavy atom. The van der Waals surface area contributed by atoms with Gasteiger partial charge in [-0.05, 0) is 60.7 Å². The van der Waals surface area contributed by atoms with Crippen molar-refractivity contribution in [2.75, 3.05) is 13.1 Å². The van der Waals surface area contributed by atoms with E-state index in [-0.39, 0.29) is 17.5 Å². The van der Waals surface area contributed by atoms with E-state index in [1.165, 1.54) is 12.1 Å². The number of carbonyl (C=O) groups excluding carboxylic acids is 1. The van der Waals surface area contributed by atoms with Crippen molar-refractivity contribution in [2.45, 2.75) is 50.6 Å². The number of amides is 1. The first-order valence-electron chi connectivity index (χ1n) is 11.8. The largest absolute Gasteiger partial charge is 0.349 e. The average Bonchev–Trinajstić information content (AvgIpc) is 3.12. The summed E-state index contributed by atoms with van der Waals surface area (Å²) in [5.41, 5.74) is 3.87. The molecule has 0 bridgehead atoms. The monoisotopic (exact) mass is 468 g/mol. The Bertz CT molecular complexity index is 1320. The van der Waals surface area contributed by atoms with Crippen molar-refractivity contribution in [3.05, 3.63) is 69.1 Å². The molecule has 180 valence electrons. The minimum Gasteiger partial charge on any atom is -0.349 e. The van der Waals surface area contributed by atoms with Gasteiger partial charge in [-0.2, -0.15) is 0 Å². The fourth-order valence-corrected chi connectivity index (χ4v) is 5.94. The number of imidazole rings is 1. The van der Waals surface area contributed by atoms with Gasteiger partial charge in [0.1, 0.15) is 11.6 Å². The molecular formula is C26H30F2N4O2. The molecule has 5 rings (SSSR count). The lowest BCUT2D eigenvalue weighted by Gasteiger charge is -2.35. The van der Waals surface area contributed by atoms with Crippen LogP contribution in [0.2, 0.25) is 0 Å². The molecule has 6 nitrogen and oxygen atoms in total. The van der Waals surface area contributed by atoms with Gasteiger partial charge in [-0.3, -0.25) is 18.8 Å². The predicted molar refractivity (Wildman–Crippen MR) is 127 cm³/mol. The van der Waals surface area contributed by atoms with Crippen molar-refractivity contribution < 1.29 is 13.6 Å². The van der Waals surface area contributed by atoms with Gasteiger partial charge in [-0.1, -0.05) is 6.42 Å². The highest BCUT2D eigenvalue weighted by Crippen LogP contribution is 2.42. The van der Waals surface area contributed by atoms with E-state index in [1.807, 2.05) is 13.0 Å². The van der Waals surface area contributed by atoms with Gasteiger partial charge in [0, 0.05) is 52.1 Å². The number of nitrogens with one attached hydrogen (secondary N) is 1. The van der Waals surface area contributed by atoms with Gasteiger partial charge in [-0.25, -0.2) is 13.6 Å². The molecule has 34 heavy (non-hydrogen) atoms. The molecule has 2 aliphatic heterocycles. The van der Waals surface area contributed by atoms with E-state index < -0.39 is 17.2 Å². The van der Waals surface area contributed by atoms with Gasteiger partial charge in [-0.15, -0.1) is 0 Å². The van der Waals surface area contributed by atoms with Crippen molar-refractivity contribution in [1.29, 1.82) is 0 Å². The Morgan fingerprint density at radius 2 is 1.68 bits per heavy atom. The van der Waals surface area contributed by atoms with Crippen LogP contribution in [0.5, 0.6) is 0 Å². The van der Waals surface area contributed by atoms with E-state index in [4.69, 9.17) is 0 Å². The van der Waals surface area contributed by atoms with Crippen molar-refractivity contribution >= 4 is 16.9 Å². The molecular weight excluding hydrogens is 438 g/mol. The first-order chi connectivity index (χ1) is 16.2. The summed E-state index contributed by atoms with van der Waals surface area (Å²) in [4.78, 5) is 27.2. The van der Waals surface area contributed by atoms with E-state index >= 15 is 0 Å². The number of fused-ring (bicyclic) bond motifs is 1. The van der Waals surface area contributed by atoms with Crippen LogP contribution in [0.1, 0.15) is 48.3 Å². The van der Waals surface area contributed by atoms with Crippen LogP contribution in [0.15, 0.2) is 35.1 Å². The van der Waals surface area contributed by atoms with Crippen LogP contribution in [-0.4, -0.2) is 38.6 Å². The Kier molecular flexibility index (Phi) is 5.59. The molecule has 2 saturated heterocycles. The molecule has 0 aliphatic carbocycles. The Labute approximate surface area is 197 Å². The molecule has 1 spiro atoms. The lowest BCUT2D eigenvalue weighted by Crippen LogP contribution is -2.52. The summed E-state index contributed by atoms with van der Waals surface area (Å²) in [6, 6.07) is 7.77. The number of halogens is 2. The fraction of sp³-hybridized carbons (Fsp3) is 0.462. The third-order valence-corrected chi connectivity index (χ3v) is 7.69. The number of hydrogen-bond donors (Lipinski definition) is 1. The number of hydrogen-bond acceptors (Lipinski definition) is 3. The van der Waals surface area contributed by atoms with Crippen molar-refractivity contribution in [2.24, 2.45) is 14.1 Å². The predicted octanol–water partition coefficient (Wildman–Crippen LogP) is 3.49. The molecule has 2 atom stereocenters. The van der Waals surface area contributed by atoms with Crippen LogP contribution in [-0.2, 0) is 25.4 Å². The highest BCUT2D eigenvalue weighted by atomic mass is 19.1. The molecule has 1 N–H and O–H groups in total. The SMILES string of the molecule is Cc1cc2c(cc1CN1C[C@@H](c3cc(F)cc(F)c3)[C@@]3(CCCCC(=O)N3)C1)n(C)c(=O)n2C. The smallest absolute Gasteiger partial charge is 0.328 e. The molecule has 1 aromatic heterocycles. The molecule has 1 amide bonds. The molecule has 3 aromatic rings. The molecule has 3 heterocycles. The molecule has 2 aliphatic rings. The van der Waals surface area contributed by atoms with Gasteiger partial charge in [0.05, 0.1) is 16.6 Å². The zero-order valence-electron chi connectivity index (χ0n) is 19.8. The molecule has 8 heteroatoms. The number of aromatic nitrogens is 2. The normalized spacial score (nSPS) is 23.6. The minimum atomic E-state index is -0.602. The number of benzene rings is 2. The van der Waals surface area contributed by atoms with Gasteiger partial charge >= 0.3 is 5.69 Å². The second-order valence-electron chi connectivity index (χ2n) is 10.0. The highest BCUT2D eigenvalue weighted by molar-refractivity contribution is 5.78. The van der Waals surface area contributed by atoms with E-state index in [2.05, 4.69) is 16.3 Å². The lowest BCUT2D eigenvalue weighted by molar-refractivity contribution is -0.122. The summed E-state index contributed by atoms with van der Waals surface area (Å²) in [6.07, 6.45) is 2.95. The van der Waals surface area contributed by atoms with E-state index in [0.717, 1.165) is 47.5 Å². The quantitative estimate of drug-likeness (QED) is 0.640. The number of rotatable bonds is 3. The second-order valence-corrected chi connectivity index (χ2v) is 10.0. The maximum Gasteiger partial charge on any atom is 0.328 e. The van der Waals surface area contributed by atoms with Crippen LogP contribution < -0.4 is 11.0 Å². The van der Waals surface area contributed by atoms with Crippen LogP contribution in [0.4, 0.5) is 8.78 Å². The summed E-state index contributed by atoms with van der Waals surface area (Å²) in [5.74, 6) is -1.42. The fourth-order valence-electron chi connectivity index (χ4n) is 5.94. The Morgan fingerprint density at radius 1 is 1.00 bits per heavy atom. The topological polar surface area (TPSA) is 59.3 Å². The molecule has 2 fully saturated rings. The van der Waals surface area contributed by atoms with E-state index in [0.29, 0.717) is 31.6 Å². The zero-order valence-corrected chi connectivity index (χ0v) is 19.8. The summed E-state index contributed by atoms with van der Waals surface area (Å²) in [5, 5.41) is 3.25. The molecule has 0 radical (unpaired) electrons. The molecule has 2 aromatic carbocycles. The van der Waals surface area contributed by atoms with Crippen LogP contribution in [0.25, 0.3) is 11.0 Å². The third-order valence-electron chi connectivity index (χ3n) is 7.69. The van der Waals surface area contributed by atoms with Crippen LogP contribution in [0, 0.1) is 18.6 Å². The van der Waals surface area contributed by atoms with Gasteiger partial charge in [0.25, 0.3) is 0 Å². The number of likely N-dealkylation sites (tertiary alicyclic amines) is 1. The lowest BCUT2D eigenvalue weighted by atomic mass is 9.79. The Balaban J connectivity index is 1.52. The summed E-state index contributed by atoms with van der Waals surface area (Å²) in [7, 11) is 3.54. The number of nitrogens with zero attached hydrogens (tertiary/aromatic N) is 3. The maximum absolute atomic E-state index is 14.1. The standard InChI is InChI=1S/C26H30F2N4O2/c1-16-8-22-23(31(3)25(34)30(22)2)11-18(16)13-32-14-21(17-9-19(27)12-20(28)10-17)26(15-32)7-5-4-6-24(33)29-26/h8-12,21H,4-7,13-15H2,1-3H3,(H,29,33)/t21-,26+/m0/s1. The summed E-state index contributed by atoms with van der Waals surface area (Å²) in [6.45, 7) is 3.84. The second kappa shape index (κ2) is 8.34. The van der Waals surface area contributed by atoms with Crippen molar-refractivity contribution in [1.82, 2.24) is 19.4 Å². The average molecular weight is 469 g/mol. The van der Waals surface area contributed by atoms with E-state index in [9.17, 15) is 18.4 Å². The molecule has 0 saturated carbocycles. The third kappa shape index (κ3) is 3.83. The summed E-state index contributed by atoms with van der Waals surface area (Å²) < 4.78 is 31.6. The van der Waals surface area contributed by atoms with Crippen molar-refractivity contribution in [3.63, 3.8) is 0 Å². The zero-order chi connectivity index (χ0) is 24.2. The maximum atomic E-state index is 14.1. The number of aryl methyl sites for hydroxylation is 3. The van der Waals surface area contributed by atoms with Gasteiger partial charge < -0.3 is 5.32 Å². The Hall–Kier alpha value is -3.00. The number of carbonyl (C=O) groups is 1. The van der Waals surface area contributed by atoms with Gasteiger partial charge in [0.15, 0.2) is 0 Å². The first kappa shape index (κ1) is 22.8. The van der Waals surface area contributed by atoms with Crippen LogP contribution in [0.3, 0.4) is 0 Å².